The monoisotopic (exact) mass is 260 g/mol. The van der Waals surface area contributed by atoms with Crippen molar-refractivity contribution in [1.82, 2.24) is 0 Å². The molecule has 1 aliphatic rings. The minimum Gasteiger partial charge on any atom is -0.478 e. The Balaban J connectivity index is 3.11. The first-order valence-electron chi connectivity index (χ1n) is 3.91. The van der Waals surface area contributed by atoms with Crippen molar-refractivity contribution in [1.29, 1.82) is 0 Å². The molecule has 0 aromatic heterocycles. The van der Waals surface area contributed by atoms with Crippen molar-refractivity contribution in [2.75, 3.05) is 0 Å². The van der Waals surface area contributed by atoms with Crippen LogP contribution in [0, 0.1) is 0 Å². The van der Waals surface area contributed by atoms with Crippen molar-refractivity contribution in [2.45, 2.75) is 17.7 Å². The molecule has 1 rings (SSSR count). The highest BCUT2D eigenvalue weighted by Gasteiger charge is 2.28. The number of carboxylic acid groups (broad SMARTS) is 2. The van der Waals surface area contributed by atoms with E-state index < -0.39 is 16.3 Å². The minimum absolute atomic E-state index is 0.00743. The molecule has 76 valence electrons. The van der Waals surface area contributed by atoms with Crippen LogP contribution in [-0.2, 0) is 9.59 Å². The number of aliphatic carboxylic acids is 2. The van der Waals surface area contributed by atoms with Crippen LogP contribution >= 0.6 is 15.9 Å². The summed E-state index contributed by atoms with van der Waals surface area (Å²) in [5, 5.41) is 17.5. The number of rotatable bonds is 2. The molecular formula is C9H9BrO4. The van der Waals surface area contributed by atoms with Gasteiger partial charge in [0.05, 0.1) is 5.57 Å². The number of hydrogen-bond acceptors (Lipinski definition) is 2. The zero-order chi connectivity index (χ0) is 10.9. The van der Waals surface area contributed by atoms with Crippen molar-refractivity contribution in [3.05, 3.63) is 23.3 Å². The molecule has 0 fully saturated rings. The molecule has 2 N–H and O–H groups in total. The molecule has 0 aromatic carbocycles. The lowest BCUT2D eigenvalue weighted by molar-refractivity contribution is -0.132. The van der Waals surface area contributed by atoms with E-state index in [9.17, 15) is 9.59 Å². The summed E-state index contributed by atoms with van der Waals surface area (Å²) in [4.78, 5) is 21.4. The highest BCUT2D eigenvalue weighted by molar-refractivity contribution is 9.10. The van der Waals surface area contributed by atoms with E-state index in [0.717, 1.165) is 0 Å². The Kier molecular flexibility index (Phi) is 2.80. The van der Waals surface area contributed by atoms with Crippen molar-refractivity contribution in [2.24, 2.45) is 0 Å². The van der Waals surface area contributed by atoms with Gasteiger partial charge in [0.1, 0.15) is 0 Å². The van der Waals surface area contributed by atoms with Crippen molar-refractivity contribution >= 4 is 27.9 Å². The van der Waals surface area contributed by atoms with Gasteiger partial charge in [0.25, 0.3) is 0 Å². The van der Waals surface area contributed by atoms with Gasteiger partial charge in [-0.2, -0.15) is 0 Å². The first kappa shape index (κ1) is 11.0. The predicted molar refractivity (Wildman–Crippen MR) is 53.4 cm³/mol. The van der Waals surface area contributed by atoms with Gasteiger partial charge < -0.3 is 10.2 Å². The van der Waals surface area contributed by atoms with Crippen LogP contribution in [0.3, 0.4) is 0 Å². The van der Waals surface area contributed by atoms with Gasteiger partial charge in [0.2, 0.25) is 0 Å². The molecule has 0 bridgehead atoms. The van der Waals surface area contributed by atoms with Crippen LogP contribution in [0.1, 0.15) is 13.3 Å². The zero-order valence-electron chi connectivity index (χ0n) is 7.45. The second-order valence-corrected chi connectivity index (χ2v) is 5.15. The number of alkyl halides is 1. The molecule has 0 aliphatic heterocycles. The summed E-state index contributed by atoms with van der Waals surface area (Å²) in [5.74, 6) is -2.20. The second-order valence-electron chi connectivity index (χ2n) is 3.33. The topological polar surface area (TPSA) is 74.6 Å². The van der Waals surface area contributed by atoms with E-state index in [1.807, 2.05) is 0 Å². The Bertz CT molecular complexity index is 352. The third kappa shape index (κ3) is 2.45. The van der Waals surface area contributed by atoms with Gasteiger partial charge in [-0.3, -0.25) is 0 Å². The van der Waals surface area contributed by atoms with E-state index in [0.29, 0.717) is 0 Å². The Labute approximate surface area is 89.1 Å². The van der Waals surface area contributed by atoms with Crippen LogP contribution in [0.25, 0.3) is 0 Å². The fraction of sp³-hybridized carbons (Fsp3) is 0.333. The van der Waals surface area contributed by atoms with Gasteiger partial charge in [0.15, 0.2) is 0 Å². The lowest BCUT2D eigenvalue weighted by atomic mass is 9.91. The molecule has 1 aliphatic carbocycles. The summed E-state index contributed by atoms with van der Waals surface area (Å²) < 4.78 is -0.594. The van der Waals surface area contributed by atoms with Crippen molar-refractivity contribution in [3.8, 4) is 0 Å². The standard InChI is InChI=1S/C9H9BrO4/c1-9(10)3-5(7(11)12)2-6(4-9)8(13)14/h2-3H,4H2,1H3,(H,11,12)(H,13,14). The predicted octanol–water partition coefficient (Wildman–Crippen LogP) is 1.57. The van der Waals surface area contributed by atoms with E-state index >= 15 is 0 Å². The molecule has 0 spiro atoms. The highest BCUT2D eigenvalue weighted by atomic mass is 79.9. The maximum Gasteiger partial charge on any atom is 0.335 e. The minimum atomic E-state index is -1.12. The Morgan fingerprint density at radius 1 is 1.43 bits per heavy atom. The summed E-state index contributed by atoms with van der Waals surface area (Å²) in [5.41, 5.74) is 0.109. The molecule has 14 heavy (non-hydrogen) atoms. The lowest BCUT2D eigenvalue weighted by Crippen LogP contribution is -2.22. The Morgan fingerprint density at radius 3 is 2.43 bits per heavy atom. The largest absolute Gasteiger partial charge is 0.478 e. The maximum absolute atomic E-state index is 10.7. The first-order chi connectivity index (χ1) is 6.32. The van der Waals surface area contributed by atoms with E-state index in [-0.39, 0.29) is 17.6 Å². The molecule has 0 saturated heterocycles. The normalized spacial score (nSPS) is 26.4. The maximum atomic E-state index is 10.7. The first-order valence-corrected chi connectivity index (χ1v) is 4.70. The van der Waals surface area contributed by atoms with Crippen LogP contribution in [-0.4, -0.2) is 26.5 Å². The van der Waals surface area contributed by atoms with Gasteiger partial charge in [-0.25, -0.2) is 9.59 Å². The lowest BCUT2D eigenvalue weighted by Gasteiger charge is -2.23. The summed E-state index contributed by atoms with van der Waals surface area (Å²) in [6, 6.07) is 0. The number of carboxylic acids is 2. The quantitative estimate of drug-likeness (QED) is 0.740. The molecule has 0 radical (unpaired) electrons. The average Bonchev–Trinajstić information content (AvgIpc) is 2.01. The average molecular weight is 261 g/mol. The summed E-state index contributed by atoms with van der Waals surface area (Å²) in [7, 11) is 0. The van der Waals surface area contributed by atoms with Crippen LogP contribution in [0.4, 0.5) is 0 Å². The van der Waals surface area contributed by atoms with Crippen LogP contribution in [0.5, 0.6) is 0 Å². The molecule has 5 heteroatoms. The number of allylic oxidation sites excluding steroid dienone is 1. The van der Waals surface area contributed by atoms with E-state index in [1.54, 1.807) is 6.92 Å². The summed E-state index contributed by atoms with van der Waals surface area (Å²) in [6.45, 7) is 1.73. The molecule has 0 amide bonds. The van der Waals surface area contributed by atoms with Gasteiger partial charge in [0, 0.05) is 9.90 Å². The van der Waals surface area contributed by atoms with Crippen LogP contribution in [0.2, 0.25) is 0 Å². The molecule has 0 aromatic rings. The number of halogens is 1. The van der Waals surface area contributed by atoms with Gasteiger partial charge >= 0.3 is 11.9 Å². The highest BCUT2D eigenvalue weighted by Crippen LogP contribution is 2.33. The molecule has 0 saturated carbocycles. The summed E-state index contributed by atoms with van der Waals surface area (Å²) >= 11 is 3.27. The molecule has 4 nitrogen and oxygen atoms in total. The fourth-order valence-corrected chi connectivity index (χ4v) is 1.84. The third-order valence-electron chi connectivity index (χ3n) is 1.84. The van der Waals surface area contributed by atoms with Crippen LogP contribution < -0.4 is 0 Å². The van der Waals surface area contributed by atoms with E-state index in [2.05, 4.69) is 15.9 Å². The number of carbonyl (C=O) groups is 2. The Hall–Kier alpha value is -1.10. The SMILES string of the molecule is CC1(Br)C=C(C(=O)O)C=C(C(=O)O)C1. The van der Waals surface area contributed by atoms with Gasteiger partial charge in [-0.1, -0.05) is 22.0 Å². The van der Waals surface area contributed by atoms with Gasteiger partial charge in [-0.15, -0.1) is 0 Å². The third-order valence-corrected chi connectivity index (χ3v) is 2.35. The summed E-state index contributed by atoms with van der Waals surface area (Å²) in [6.07, 6.45) is 2.97. The fourth-order valence-electron chi connectivity index (χ4n) is 1.29. The molecule has 1 unspecified atom stereocenters. The van der Waals surface area contributed by atoms with Crippen molar-refractivity contribution in [3.63, 3.8) is 0 Å². The van der Waals surface area contributed by atoms with E-state index in [4.69, 9.17) is 10.2 Å². The van der Waals surface area contributed by atoms with E-state index in [1.165, 1.54) is 12.2 Å². The zero-order valence-corrected chi connectivity index (χ0v) is 9.04. The van der Waals surface area contributed by atoms with Crippen molar-refractivity contribution < 1.29 is 19.8 Å². The molecule has 0 heterocycles. The molecule has 1 atom stereocenters. The van der Waals surface area contributed by atoms with Crippen LogP contribution in [0.15, 0.2) is 23.3 Å². The Morgan fingerprint density at radius 2 is 2.00 bits per heavy atom. The second kappa shape index (κ2) is 3.57. The number of hydrogen-bond donors (Lipinski definition) is 2. The molecular weight excluding hydrogens is 252 g/mol. The van der Waals surface area contributed by atoms with Gasteiger partial charge in [-0.05, 0) is 19.4 Å². The smallest absolute Gasteiger partial charge is 0.335 e.